The van der Waals surface area contributed by atoms with Gasteiger partial charge in [0, 0.05) is 11.5 Å². The highest BCUT2D eigenvalue weighted by Crippen LogP contribution is 2.54. The van der Waals surface area contributed by atoms with Crippen molar-refractivity contribution in [2.45, 2.75) is 43.6 Å². The van der Waals surface area contributed by atoms with Crippen LogP contribution in [0, 0.1) is 0 Å². The Kier molecular flexibility index (Phi) is 6.00. The second-order valence-electron chi connectivity index (χ2n) is 9.05. The number of benzene rings is 3. The Labute approximate surface area is 207 Å². The average molecular weight is 518 g/mol. The molecule has 1 fully saturated rings. The van der Waals surface area contributed by atoms with Gasteiger partial charge < -0.3 is 9.72 Å². The van der Waals surface area contributed by atoms with E-state index in [2.05, 4.69) is 14.7 Å². The number of nitrogens with zero attached hydrogens (tertiary/aromatic N) is 1. The lowest BCUT2D eigenvalue weighted by molar-refractivity contribution is -0.299. The summed E-state index contributed by atoms with van der Waals surface area (Å²) in [6.07, 6.45) is -14.3. The second-order valence-corrected chi connectivity index (χ2v) is 9.05. The second kappa shape index (κ2) is 8.93. The van der Waals surface area contributed by atoms with Gasteiger partial charge in [0.1, 0.15) is 11.6 Å². The maximum atomic E-state index is 12.8. The summed E-state index contributed by atoms with van der Waals surface area (Å²) in [6.45, 7) is 1.52. The molecule has 5 rings (SSSR count). The SMILES string of the molecule is CC(=O)c1ccccc1-c1ccc2nc(C3CC3c3ccc(OC(C(F)(F)F)C(F)(F)F)cc3)[nH]c2c1. The summed E-state index contributed by atoms with van der Waals surface area (Å²) in [4.78, 5) is 20.0. The number of carbonyl (C=O) groups excluding carboxylic acids is 1. The molecule has 0 amide bonds. The monoisotopic (exact) mass is 518 g/mol. The smallest absolute Gasteiger partial charge is 0.434 e. The molecule has 37 heavy (non-hydrogen) atoms. The van der Waals surface area contributed by atoms with E-state index >= 15 is 0 Å². The first-order valence-electron chi connectivity index (χ1n) is 11.4. The van der Waals surface area contributed by atoms with E-state index in [1.54, 1.807) is 6.07 Å². The summed E-state index contributed by atoms with van der Waals surface area (Å²) in [6, 6.07) is 18.2. The highest BCUT2D eigenvalue weighted by Gasteiger charge is 2.59. The summed E-state index contributed by atoms with van der Waals surface area (Å²) >= 11 is 0. The third-order valence-corrected chi connectivity index (χ3v) is 6.42. The van der Waals surface area contributed by atoms with E-state index in [4.69, 9.17) is 0 Å². The van der Waals surface area contributed by atoms with Gasteiger partial charge in [-0.1, -0.05) is 42.5 Å². The number of aromatic nitrogens is 2. The lowest BCUT2D eigenvalue weighted by atomic mass is 9.97. The van der Waals surface area contributed by atoms with E-state index in [1.165, 1.54) is 19.1 Å². The number of H-pyrrole nitrogens is 1. The molecule has 0 radical (unpaired) electrons. The van der Waals surface area contributed by atoms with Crippen molar-refractivity contribution in [3.05, 3.63) is 83.7 Å². The third kappa shape index (κ3) is 5.05. The molecule has 4 aromatic rings. The molecule has 0 saturated heterocycles. The van der Waals surface area contributed by atoms with Crippen molar-refractivity contribution in [1.82, 2.24) is 9.97 Å². The zero-order valence-electron chi connectivity index (χ0n) is 19.3. The summed E-state index contributed by atoms with van der Waals surface area (Å²) in [5.74, 6) is 0.249. The predicted octanol–water partition coefficient (Wildman–Crippen LogP) is 7.58. The molecule has 1 saturated carbocycles. The van der Waals surface area contributed by atoms with Crippen LogP contribution in [-0.2, 0) is 0 Å². The van der Waals surface area contributed by atoms with Crippen molar-refractivity contribution in [1.29, 1.82) is 0 Å². The van der Waals surface area contributed by atoms with Crippen LogP contribution in [0.2, 0.25) is 0 Å². The van der Waals surface area contributed by atoms with Gasteiger partial charge in [-0.3, -0.25) is 4.79 Å². The van der Waals surface area contributed by atoms with Gasteiger partial charge in [-0.05, 0) is 60.2 Å². The Morgan fingerprint density at radius 1 is 0.946 bits per heavy atom. The first-order chi connectivity index (χ1) is 17.4. The molecule has 1 aliphatic carbocycles. The number of ether oxygens (including phenoxy) is 1. The predicted molar refractivity (Wildman–Crippen MR) is 125 cm³/mol. The number of Topliss-reactive ketones (excluding diaryl/α,β-unsaturated/α-hetero) is 1. The minimum atomic E-state index is -5.58. The van der Waals surface area contributed by atoms with Gasteiger partial charge in [0.15, 0.2) is 5.78 Å². The Balaban J connectivity index is 1.32. The maximum Gasteiger partial charge on any atom is 0.434 e. The van der Waals surface area contributed by atoms with Crippen LogP contribution >= 0.6 is 0 Å². The normalized spacial score (nSPS) is 17.8. The van der Waals surface area contributed by atoms with Crippen LogP contribution in [-0.4, -0.2) is 34.2 Å². The number of aromatic amines is 1. The van der Waals surface area contributed by atoms with Gasteiger partial charge in [-0.25, -0.2) is 4.98 Å². The lowest BCUT2D eigenvalue weighted by Gasteiger charge is -2.23. The van der Waals surface area contributed by atoms with Gasteiger partial charge in [-0.15, -0.1) is 0 Å². The van der Waals surface area contributed by atoms with E-state index in [9.17, 15) is 31.1 Å². The standard InChI is InChI=1S/C27H20F6N2O2/c1-14(36)18-4-2-3-5-19(18)16-8-11-22-23(12-16)35-24(34-22)21-13-20(21)15-6-9-17(10-7-15)37-25(26(28,29)30)27(31,32)33/h2-12,20-21,25H,13H2,1H3,(H,34,35). The Morgan fingerprint density at radius 2 is 1.62 bits per heavy atom. The molecule has 4 nitrogen and oxygen atoms in total. The molecule has 10 heteroatoms. The number of alkyl halides is 6. The lowest BCUT2D eigenvalue weighted by Crippen LogP contribution is -2.46. The van der Waals surface area contributed by atoms with E-state index in [0.717, 1.165) is 52.1 Å². The molecular weight excluding hydrogens is 498 g/mol. The van der Waals surface area contributed by atoms with Crippen molar-refractivity contribution in [2.24, 2.45) is 0 Å². The van der Waals surface area contributed by atoms with Crippen molar-refractivity contribution in [3.63, 3.8) is 0 Å². The quantitative estimate of drug-likeness (QED) is 0.212. The Bertz CT molecular complexity index is 1440. The zero-order chi connectivity index (χ0) is 26.5. The van der Waals surface area contributed by atoms with Crippen LogP contribution < -0.4 is 4.74 Å². The molecule has 192 valence electrons. The minimum absolute atomic E-state index is 0.0218. The van der Waals surface area contributed by atoms with Crippen LogP contribution in [0.15, 0.2) is 66.7 Å². The topological polar surface area (TPSA) is 55.0 Å². The van der Waals surface area contributed by atoms with Gasteiger partial charge in [0.25, 0.3) is 6.10 Å². The maximum absolute atomic E-state index is 12.8. The number of hydrogen-bond donors (Lipinski definition) is 1. The average Bonchev–Trinajstić information content (AvgIpc) is 3.52. The first kappa shape index (κ1) is 24.9. The first-order valence-corrected chi connectivity index (χ1v) is 11.4. The van der Waals surface area contributed by atoms with Crippen molar-refractivity contribution >= 4 is 16.8 Å². The van der Waals surface area contributed by atoms with Crippen LogP contribution in [0.4, 0.5) is 26.3 Å². The van der Waals surface area contributed by atoms with Crippen LogP contribution in [0.5, 0.6) is 5.75 Å². The molecule has 0 bridgehead atoms. The fourth-order valence-corrected chi connectivity index (χ4v) is 4.53. The number of halogens is 6. The summed E-state index contributed by atoms with van der Waals surface area (Å²) in [5.41, 5.74) is 4.62. The molecule has 1 N–H and O–H groups in total. The zero-order valence-corrected chi connectivity index (χ0v) is 19.3. The number of rotatable bonds is 6. The van der Waals surface area contributed by atoms with Gasteiger partial charge in [-0.2, -0.15) is 26.3 Å². The van der Waals surface area contributed by atoms with Crippen LogP contribution in [0.3, 0.4) is 0 Å². The molecule has 0 spiro atoms. The molecule has 0 aliphatic heterocycles. The molecule has 2 atom stereocenters. The molecule has 1 aromatic heterocycles. The fraction of sp³-hybridized carbons (Fsp3) is 0.259. The number of hydrogen-bond acceptors (Lipinski definition) is 3. The molecule has 1 heterocycles. The van der Waals surface area contributed by atoms with Gasteiger partial charge in [0.05, 0.1) is 11.0 Å². The number of imidazole rings is 1. The number of ketones is 1. The highest BCUT2D eigenvalue weighted by molar-refractivity contribution is 6.01. The van der Waals surface area contributed by atoms with Gasteiger partial charge >= 0.3 is 12.4 Å². The largest absolute Gasteiger partial charge is 0.471 e. The third-order valence-electron chi connectivity index (χ3n) is 6.42. The Morgan fingerprint density at radius 3 is 2.27 bits per heavy atom. The Hall–Kier alpha value is -3.82. The fourth-order valence-electron chi connectivity index (χ4n) is 4.53. The van der Waals surface area contributed by atoms with Gasteiger partial charge in [0.2, 0.25) is 0 Å². The molecule has 2 unspecified atom stereocenters. The summed E-state index contributed by atoms with van der Waals surface area (Å²) < 4.78 is 80.7. The minimum Gasteiger partial charge on any atom is -0.471 e. The number of carbonyl (C=O) groups is 1. The summed E-state index contributed by atoms with van der Waals surface area (Å²) in [5, 5.41) is 0. The molecular formula is C27H20F6N2O2. The van der Waals surface area contributed by atoms with Crippen molar-refractivity contribution in [3.8, 4) is 16.9 Å². The van der Waals surface area contributed by atoms with E-state index in [-0.39, 0.29) is 17.6 Å². The van der Waals surface area contributed by atoms with Crippen molar-refractivity contribution in [2.75, 3.05) is 0 Å². The molecule has 3 aromatic carbocycles. The number of fused-ring (bicyclic) bond motifs is 1. The van der Waals surface area contributed by atoms with E-state index in [1.807, 2.05) is 36.4 Å². The highest BCUT2D eigenvalue weighted by atomic mass is 19.4. The van der Waals surface area contributed by atoms with Crippen molar-refractivity contribution < 1.29 is 35.9 Å². The van der Waals surface area contributed by atoms with Crippen LogP contribution in [0.25, 0.3) is 22.2 Å². The van der Waals surface area contributed by atoms with E-state index < -0.39 is 24.2 Å². The summed E-state index contributed by atoms with van der Waals surface area (Å²) in [7, 11) is 0. The van der Waals surface area contributed by atoms with Crippen LogP contribution in [0.1, 0.15) is 46.9 Å². The number of nitrogens with one attached hydrogen (secondary N) is 1. The van der Waals surface area contributed by atoms with E-state index in [0.29, 0.717) is 5.56 Å². The molecule has 1 aliphatic rings.